The van der Waals surface area contributed by atoms with Gasteiger partial charge in [0, 0.05) is 38.1 Å². The fraction of sp³-hybridized carbons (Fsp3) is 0.316. The molecule has 1 aliphatic heterocycles. The van der Waals surface area contributed by atoms with Crippen LogP contribution in [0.25, 0.3) is 0 Å². The Morgan fingerprint density at radius 1 is 1.25 bits per heavy atom. The molecule has 1 saturated heterocycles. The number of hydrogen-bond donors (Lipinski definition) is 1. The van der Waals surface area contributed by atoms with Crippen LogP contribution in [0.15, 0.2) is 36.7 Å². The first-order chi connectivity index (χ1) is 13.3. The van der Waals surface area contributed by atoms with Gasteiger partial charge in [-0.25, -0.2) is 4.79 Å². The molecule has 0 spiro atoms. The van der Waals surface area contributed by atoms with Gasteiger partial charge in [0.2, 0.25) is 5.91 Å². The molecule has 0 radical (unpaired) electrons. The number of benzene rings is 1. The van der Waals surface area contributed by atoms with Crippen molar-refractivity contribution in [1.82, 2.24) is 14.8 Å². The number of carbonyl (C=O) groups excluding carboxylic acids is 1. The van der Waals surface area contributed by atoms with Gasteiger partial charge in [0.05, 0.1) is 29.1 Å². The van der Waals surface area contributed by atoms with E-state index in [4.69, 9.17) is 33.0 Å². The molecule has 0 bridgehead atoms. The van der Waals surface area contributed by atoms with Crippen LogP contribution in [-0.4, -0.2) is 59.1 Å². The molecule has 2 amide bonds. The van der Waals surface area contributed by atoms with Gasteiger partial charge < -0.3 is 19.6 Å². The van der Waals surface area contributed by atoms with Crippen molar-refractivity contribution >= 4 is 35.2 Å². The van der Waals surface area contributed by atoms with E-state index in [0.29, 0.717) is 21.4 Å². The molecule has 1 atom stereocenters. The molecule has 0 unspecified atom stereocenters. The van der Waals surface area contributed by atoms with Crippen LogP contribution in [0.4, 0.5) is 4.79 Å². The van der Waals surface area contributed by atoms with E-state index in [1.54, 1.807) is 48.6 Å². The molecule has 28 heavy (non-hydrogen) atoms. The second kappa shape index (κ2) is 8.24. The normalized spacial score (nSPS) is 14.9. The van der Waals surface area contributed by atoms with Crippen molar-refractivity contribution in [2.45, 2.75) is 6.04 Å². The maximum Gasteiger partial charge on any atom is 0.407 e. The Morgan fingerprint density at radius 2 is 1.89 bits per heavy atom. The van der Waals surface area contributed by atoms with E-state index < -0.39 is 18.1 Å². The second-order valence-corrected chi connectivity index (χ2v) is 7.28. The summed E-state index contributed by atoms with van der Waals surface area (Å²) in [5, 5.41) is 9.66. The van der Waals surface area contributed by atoms with Gasteiger partial charge in [0.25, 0.3) is 0 Å². The topological polar surface area (TPSA) is 83.0 Å². The van der Waals surface area contributed by atoms with Crippen LogP contribution in [-0.2, 0) is 4.79 Å². The highest BCUT2D eigenvalue weighted by Gasteiger charge is 2.40. The summed E-state index contributed by atoms with van der Waals surface area (Å²) in [5.41, 5.74) is 1.34. The number of carbonyl (C=O) groups is 2. The summed E-state index contributed by atoms with van der Waals surface area (Å²) in [4.78, 5) is 30.8. The number of carboxylic acid groups (broad SMARTS) is 1. The predicted molar refractivity (Wildman–Crippen MR) is 105 cm³/mol. The van der Waals surface area contributed by atoms with Crippen LogP contribution >= 0.6 is 23.2 Å². The minimum atomic E-state index is -1.03. The predicted octanol–water partition coefficient (Wildman–Crippen LogP) is 3.55. The van der Waals surface area contributed by atoms with Crippen molar-refractivity contribution in [3.63, 3.8) is 0 Å². The monoisotopic (exact) mass is 423 g/mol. The number of ether oxygens (including phenoxy) is 1. The van der Waals surface area contributed by atoms with Crippen LogP contribution in [0.2, 0.25) is 10.0 Å². The van der Waals surface area contributed by atoms with Crippen molar-refractivity contribution < 1.29 is 19.4 Å². The van der Waals surface area contributed by atoms with Crippen LogP contribution in [0.5, 0.6) is 5.75 Å². The quantitative estimate of drug-likeness (QED) is 0.794. The lowest BCUT2D eigenvalue weighted by Gasteiger charge is -2.40. The second-order valence-electron chi connectivity index (χ2n) is 6.49. The highest BCUT2D eigenvalue weighted by molar-refractivity contribution is 6.42. The minimum absolute atomic E-state index is 0.169. The lowest BCUT2D eigenvalue weighted by Crippen LogP contribution is -2.56. The van der Waals surface area contributed by atoms with Crippen LogP contribution in [0, 0.1) is 5.92 Å². The van der Waals surface area contributed by atoms with E-state index in [1.807, 2.05) is 0 Å². The maximum absolute atomic E-state index is 13.1. The Balaban J connectivity index is 2.01. The van der Waals surface area contributed by atoms with Crippen molar-refractivity contribution in [3.05, 3.63) is 57.8 Å². The highest BCUT2D eigenvalue weighted by Crippen LogP contribution is 2.42. The fourth-order valence-electron chi connectivity index (χ4n) is 3.32. The molecular weight excluding hydrogens is 405 g/mol. The number of likely N-dealkylation sites (tertiary alicyclic amines) is 1. The average Bonchev–Trinajstić information content (AvgIpc) is 2.64. The molecule has 7 nitrogen and oxygen atoms in total. The number of pyridine rings is 1. The third-order valence-electron chi connectivity index (χ3n) is 4.84. The van der Waals surface area contributed by atoms with Gasteiger partial charge in [-0.2, -0.15) is 0 Å². The summed E-state index contributed by atoms with van der Waals surface area (Å²) in [7, 11) is 3.18. The van der Waals surface area contributed by atoms with Gasteiger partial charge in [-0.1, -0.05) is 23.2 Å². The SMILES string of the molecule is COc1ccc(Cl)c(Cl)c1[C@H](c1ccncc1)N(C)C(=O)C1CN(C(=O)O)C1. The van der Waals surface area contributed by atoms with Crippen molar-refractivity contribution in [3.8, 4) is 5.75 Å². The van der Waals surface area contributed by atoms with Crippen molar-refractivity contribution in [1.29, 1.82) is 0 Å². The van der Waals surface area contributed by atoms with E-state index in [0.717, 1.165) is 5.56 Å². The lowest BCUT2D eigenvalue weighted by atomic mass is 9.93. The van der Waals surface area contributed by atoms with E-state index in [9.17, 15) is 9.59 Å². The van der Waals surface area contributed by atoms with E-state index in [-0.39, 0.29) is 19.0 Å². The smallest absolute Gasteiger partial charge is 0.407 e. The van der Waals surface area contributed by atoms with Gasteiger partial charge in [0.15, 0.2) is 0 Å². The number of amides is 2. The summed E-state index contributed by atoms with van der Waals surface area (Å²) in [6.45, 7) is 0.337. The molecule has 3 rings (SSSR count). The average molecular weight is 424 g/mol. The number of nitrogens with zero attached hydrogens (tertiary/aromatic N) is 3. The van der Waals surface area contributed by atoms with E-state index in [1.165, 1.54) is 12.0 Å². The summed E-state index contributed by atoms with van der Waals surface area (Å²) >= 11 is 12.7. The minimum Gasteiger partial charge on any atom is -0.496 e. The zero-order chi connectivity index (χ0) is 20.4. The molecule has 2 heterocycles. The molecular formula is C19H19Cl2N3O4. The highest BCUT2D eigenvalue weighted by atomic mass is 35.5. The number of rotatable bonds is 5. The van der Waals surface area contributed by atoms with Gasteiger partial charge in [-0.15, -0.1) is 0 Å². The van der Waals surface area contributed by atoms with E-state index in [2.05, 4.69) is 4.98 Å². The fourth-order valence-corrected chi connectivity index (χ4v) is 3.74. The Labute approximate surface area is 172 Å². The zero-order valence-electron chi connectivity index (χ0n) is 15.3. The standard InChI is InChI=1S/C19H19Cl2N3O4/c1-23(18(25)12-9-24(10-12)19(26)27)17(11-5-7-22-8-6-11)15-14(28-2)4-3-13(20)16(15)21/h3-8,12,17H,9-10H2,1-2H3,(H,26,27)/t17-/m0/s1. The third-order valence-corrected chi connectivity index (χ3v) is 5.66. The van der Waals surface area contributed by atoms with Crippen LogP contribution in [0.1, 0.15) is 17.2 Å². The van der Waals surface area contributed by atoms with Gasteiger partial charge >= 0.3 is 6.09 Å². The lowest BCUT2D eigenvalue weighted by molar-refractivity contribution is -0.140. The number of halogens is 2. The summed E-state index contributed by atoms with van der Waals surface area (Å²) in [6.07, 6.45) is 2.22. The Hall–Kier alpha value is -2.51. The molecule has 0 aliphatic carbocycles. The molecule has 148 valence electrons. The first-order valence-electron chi connectivity index (χ1n) is 8.51. The van der Waals surface area contributed by atoms with Gasteiger partial charge in [-0.05, 0) is 29.8 Å². The zero-order valence-corrected chi connectivity index (χ0v) is 16.8. The Bertz CT molecular complexity index is 888. The van der Waals surface area contributed by atoms with E-state index >= 15 is 0 Å². The van der Waals surface area contributed by atoms with Gasteiger partial charge in [0.1, 0.15) is 5.75 Å². The number of methoxy groups -OCH3 is 1. The molecule has 1 aromatic carbocycles. The first-order valence-corrected chi connectivity index (χ1v) is 9.27. The Kier molecular flexibility index (Phi) is 5.96. The molecule has 0 saturated carbocycles. The number of aromatic nitrogens is 1. The molecule has 2 aromatic rings. The number of hydrogen-bond acceptors (Lipinski definition) is 4. The van der Waals surface area contributed by atoms with Gasteiger partial charge in [-0.3, -0.25) is 9.78 Å². The summed E-state index contributed by atoms with van der Waals surface area (Å²) in [5.74, 6) is -0.0940. The molecule has 1 aliphatic rings. The third kappa shape index (κ3) is 3.72. The van der Waals surface area contributed by atoms with Crippen LogP contribution < -0.4 is 4.74 Å². The van der Waals surface area contributed by atoms with Crippen molar-refractivity contribution in [2.24, 2.45) is 5.92 Å². The molecule has 9 heteroatoms. The summed E-state index contributed by atoms with van der Waals surface area (Å²) in [6, 6.07) is 6.33. The van der Waals surface area contributed by atoms with Crippen molar-refractivity contribution in [2.75, 3.05) is 27.2 Å². The largest absolute Gasteiger partial charge is 0.496 e. The van der Waals surface area contributed by atoms with Crippen LogP contribution in [0.3, 0.4) is 0 Å². The molecule has 1 fully saturated rings. The maximum atomic E-state index is 13.1. The molecule has 1 N–H and O–H groups in total. The molecule has 1 aromatic heterocycles. The Morgan fingerprint density at radius 3 is 2.46 bits per heavy atom. The summed E-state index contributed by atoms with van der Waals surface area (Å²) < 4.78 is 5.48. The first kappa shape index (κ1) is 20.2.